The lowest BCUT2D eigenvalue weighted by Crippen LogP contribution is -2.42. The van der Waals surface area contributed by atoms with Gasteiger partial charge < -0.3 is 10.4 Å². The molecule has 2 atom stereocenters. The Kier molecular flexibility index (Phi) is 3.14. The molecule has 0 unspecified atom stereocenters. The third-order valence-corrected chi connectivity index (χ3v) is 4.32. The molecule has 0 saturated heterocycles. The van der Waals surface area contributed by atoms with Gasteiger partial charge in [0.05, 0.1) is 17.4 Å². The van der Waals surface area contributed by atoms with Crippen molar-refractivity contribution in [2.75, 3.05) is 0 Å². The van der Waals surface area contributed by atoms with Gasteiger partial charge in [-0.1, -0.05) is 0 Å². The molecule has 0 aliphatic heterocycles. The summed E-state index contributed by atoms with van der Waals surface area (Å²) in [7, 11) is 0. The van der Waals surface area contributed by atoms with Crippen LogP contribution in [-0.4, -0.2) is 22.0 Å². The van der Waals surface area contributed by atoms with E-state index in [9.17, 15) is 9.59 Å². The van der Waals surface area contributed by atoms with Gasteiger partial charge in [-0.15, -0.1) is 11.3 Å². The lowest BCUT2D eigenvalue weighted by atomic mass is 10.1. The highest BCUT2D eigenvalue weighted by Crippen LogP contribution is 2.39. The first-order chi connectivity index (χ1) is 8.31. The number of hydrogen-bond acceptors (Lipinski definition) is 4. The van der Waals surface area contributed by atoms with Gasteiger partial charge in [0.25, 0.3) is 0 Å². The van der Waals surface area contributed by atoms with E-state index in [4.69, 9.17) is 5.11 Å². The second-order valence-corrected chi connectivity index (χ2v) is 6.05. The fourth-order valence-electron chi connectivity index (χ4n) is 1.85. The van der Waals surface area contributed by atoms with Gasteiger partial charge in [0, 0.05) is 11.1 Å². The molecule has 6 heteroatoms. The molecule has 0 radical (unpaired) electrons. The van der Waals surface area contributed by atoms with Crippen molar-refractivity contribution in [2.24, 2.45) is 11.8 Å². The normalized spacial score (nSPS) is 22.6. The van der Waals surface area contributed by atoms with Crippen molar-refractivity contribution >= 4 is 23.2 Å². The fraction of sp³-hybridized carbons (Fsp3) is 0.583. The molecule has 2 rings (SSSR count). The van der Waals surface area contributed by atoms with Crippen molar-refractivity contribution in [2.45, 2.75) is 32.7 Å². The summed E-state index contributed by atoms with van der Waals surface area (Å²) in [5.74, 6) is -1.99. The Balaban J connectivity index is 2.01. The number of aromatic nitrogens is 1. The summed E-state index contributed by atoms with van der Waals surface area (Å²) in [6.07, 6.45) is 0.439. The van der Waals surface area contributed by atoms with Crippen LogP contribution < -0.4 is 5.32 Å². The second-order valence-electron chi connectivity index (χ2n) is 5.20. The van der Waals surface area contributed by atoms with Crippen LogP contribution in [0.25, 0.3) is 0 Å². The van der Waals surface area contributed by atoms with Crippen molar-refractivity contribution in [3.8, 4) is 0 Å². The van der Waals surface area contributed by atoms with Crippen LogP contribution in [0, 0.1) is 18.8 Å². The molecular weight excluding hydrogens is 252 g/mol. The van der Waals surface area contributed by atoms with E-state index in [1.807, 2.05) is 26.2 Å². The van der Waals surface area contributed by atoms with Gasteiger partial charge in [-0.05, 0) is 27.2 Å². The Morgan fingerprint density at radius 1 is 1.50 bits per heavy atom. The number of carbonyl (C=O) groups is 2. The van der Waals surface area contributed by atoms with Gasteiger partial charge in [-0.2, -0.15) is 0 Å². The van der Waals surface area contributed by atoms with E-state index in [-0.39, 0.29) is 11.8 Å². The molecule has 98 valence electrons. The standard InChI is InChI=1S/C12H16N2O3S/c1-6-5-18-11(13-6)12(2,3)14-9(15)7-4-8(7)10(16)17/h5,7-8H,4H2,1-3H3,(H,14,15)(H,16,17)/t7-,8-/m0/s1. The molecule has 1 aromatic heterocycles. The molecule has 0 aromatic carbocycles. The van der Waals surface area contributed by atoms with E-state index >= 15 is 0 Å². The molecule has 1 aliphatic carbocycles. The summed E-state index contributed by atoms with van der Waals surface area (Å²) in [6.45, 7) is 5.65. The van der Waals surface area contributed by atoms with Crippen LogP contribution in [-0.2, 0) is 15.1 Å². The predicted octanol–water partition coefficient (Wildman–Crippen LogP) is 1.52. The van der Waals surface area contributed by atoms with E-state index in [1.165, 1.54) is 11.3 Å². The molecule has 0 spiro atoms. The van der Waals surface area contributed by atoms with E-state index in [1.54, 1.807) is 0 Å². The smallest absolute Gasteiger partial charge is 0.307 e. The van der Waals surface area contributed by atoms with Crippen molar-refractivity contribution in [3.63, 3.8) is 0 Å². The number of nitrogens with zero attached hydrogens (tertiary/aromatic N) is 1. The van der Waals surface area contributed by atoms with Gasteiger partial charge in [-0.3, -0.25) is 9.59 Å². The number of hydrogen-bond donors (Lipinski definition) is 2. The number of carbonyl (C=O) groups excluding carboxylic acids is 1. The van der Waals surface area contributed by atoms with Crippen LogP contribution in [0.15, 0.2) is 5.38 Å². The number of thiazole rings is 1. The van der Waals surface area contributed by atoms with Crippen LogP contribution in [0.2, 0.25) is 0 Å². The minimum absolute atomic E-state index is 0.194. The molecule has 1 aliphatic rings. The predicted molar refractivity (Wildman–Crippen MR) is 67.3 cm³/mol. The average molecular weight is 268 g/mol. The number of rotatable bonds is 4. The van der Waals surface area contributed by atoms with E-state index in [2.05, 4.69) is 10.3 Å². The molecule has 2 N–H and O–H groups in total. The lowest BCUT2D eigenvalue weighted by molar-refractivity contribution is -0.140. The fourth-order valence-corrected chi connectivity index (χ4v) is 2.73. The summed E-state index contributed by atoms with van der Waals surface area (Å²) in [4.78, 5) is 27.0. The Labute approximate surface area is 109 Å². The SMILES string of the molecule is Cc1csc(C(C)(C)NC(=O)[C@H]2C[C@@H]2C(=O)O)n1. The van der Waals surface area contributed by atoms with Gasteiger partial charge in [0.2, 0.25) is 5.91 Å². The molecular formula is C12H16N2O3S. The molecule has 1 saturated carbocycles. The highest BCUT2D eigenvalue weighted by molar-refractivity contribution is 7.09. The average Bonchev–Trinajstić information content (AvgIpc) is 2.94. The molecule has 1 amide bonds. The first-order valence-corrected chi connectivity index (χ1v) is 6.66. The first kappa shape index (κ1) is 13.0. The largest absolute Gasteiger partial charge is 0.481 e. The number of aryl methyl sites for hydroxylation is 1. The Bertz CT molecular complexity index is 495. The summed E-state index contributed by atoms with van der Waals surface area (Å²) in [5, 5.41) is 14.4. The molecule has 5 nitrogen and oxygen atoms in total. The minimum Gasteiger partial charge on any atom is -0.481 e. The zero-order valence-electron chi connectivity index (χ0n) is 10.6. The minimum atomic E-state index is -0.891. The van der Waals surface area contributed by atoms with Crippen LogP contribution in [0.1, 0.15) is 31.0 Å². The second kappa shape index (κ2) is 4.35. The number of amides is 1. The first-order valence-electron chi connectivity index (χ1n) is 5.78. The lowest BCUT2D eigenvalue weighted by Gasteiger charge is -2.23. The Morgan fingerprint density at radius 3 is 2.61 bits per heavy atom. The van der Waals surface area contributed by atoms with Gasteiger partial charge in [0.1, 0.15) is 5.01 Å². The summed E-state index contributed by atoms with van der Waals surface area (Å²) < 4.78 is 0. The van der Waals surface area contributed by atoms with Crippen molar-refractivity contribution < 1.29 is 14.7 Å². The van der Waals surface area contributed by atoms with Gasteiger partial charge in [0.15, 0.2) is 0 Å². The Morgan fingerprint density at radius 2 is 2.17 bits per heavy atom. The van der Waals surface area contributed by atoms with Crippen LogP contribution >= 0.6 is 11.3 Å². The Hall–Kier alpha value is -1.43. The summed E-state index contributed by atoms with van der Waals surface area (Å²) in [6, 6.07) is 0. The van der Waals surface area contributed by atoms with Crippen LogP contribution in [0.3, 0.4) is 0 Å². The van der Waals surface area contributed by atoms with E-state index < -0.39 is 17.4 Å². The molecule has 1 fully saturated rings. The monoisotopic (exact) mass is 268 g/mol. The molecule has 1 heterocycles. The van der Waals surface area contributed by atoms with Crippen LogP contribution in [0.5, 0.6) is 0 Å². The summed E-state index contributed by atoms with van der Waals surface area (Å²) in [5.41, 5.74) is 0.369. The maximum atomic E-state index is 11.9. The zero-order chi connectivity index (χ0) is 13.5. The maximum absolute atomic E-state index is 11.9. The third kappa shape index (κ3) is 2.53. The zero-order valence-corrected chi connectivity index (χ0v) is 11.4. The number of nitrogens with one attached hydrogen (secondary N) is 1. The molecule has 18 heavy (non-hydrogen) atoms. The van der Waals surface area contributed by atoms with E-state index in [0.717, 1.165) is 10.7 Å². The van der Waals surface area contributed by atoms with Crippen LogP contribution in [0.4, 0.5) is 0 Å². The molecule has 0 bridgehead atoms. The number of carboxylic acid groups (broad SMARTS) is 1. The highest BCUT2D eigenvalue weighted by Gasteiger charge is 2.49. The third-order valence-electron chi connectivity index (χ3n) is 3.03. The number of aliphatic carboxylic acids is 1. The molecule has 1 aromatic rings. The van der Waals surface area contributed by atoms with Gasteiger partial charge in [-0.25, -0.2) is 4.98 Å². The maximum Gasteiger partial charge on any atom is 0.307 e. The quantitative estimate of drug-likeness (QED) is 0.867. The van der Waals surface area contributed by atoms with Crippen molar-refractivity contribution in [1.82, 2.24) is 10.3 Å². The number of carboxylic acids is 1. The van der Waals surface area contributed by atoms with Crippen molar-refractivity contribution in [3.05, 3.63) is 16.1 Å². The highest BCUT2D eigenvalue weighted by atomic mass is 32.1. The van der Waals surface area contributed by atoms with Crippen molar-refractivity contribution in [1.29, 1.82) is 0 Å². The van der Waals surface area contributed by atoms with Gasteiger partial charge >= 0.3 is 5.97 Å². The summed E-state index contributed by atoms with van der Waals surface area (Å²) >= 11 is 1.50. The van der Waals surface area contributed by atoms with E-state index in [0.29, 0.717) is 6.42 Å². The topological polar surface area (TPSA) is 79.3 Å².